The first-order valence-electron chi connectivity index (χ1n) is 8.77. The summed E-state index contributed by atoms with van der Waals surface area (Å²) in [7, 11) is 3.32. The Kier molecular flexibility index (Phi) is 5.33. The van der Waals surface area contributed by atoms with Gasteiger partial charge in [0.1, 0.15) is 21.1 Å². The number of hydrogen-bond acceptors (Lipinski definition) is 7. The summed E-state index contributed by atoms with van der Waals surface area (Å²) in [4.78, 5) is 14.8. The van der Waals surface area contributed by atoms with Crippen molar-refractivity contribution in [3.63, 3.8) is 0 Å². The lowest BCUT2D eigenvalue weighted by Gasteiger charge is -2.36. The third-order valence-electron chi connectivity index (χ3n) is 4.70. The van der Waals surface area contributed by atoms with Gasteiger partial charge in [-0.1, -0.05) is 22.9 Å². The number of ether oxygens (including phenoxy) is 2. The van der Waals surface area contributed by atoms with Crippen molar-refractivity contribution in [2.24, 2.45) is 0 Å². The molecule has 3 aromatic rings. The number of piperazine rings is 1. The van der Waals surface area contributed by atoms with Crippen LogP contribution in [0.5, 0.6) is 11.6 Å². The zero-order chi connectivity index (χ0) is 18.8. The van der Waals surface area contributed by atoms with Crippen molar-refractivity contribution in [3.8, 4) is 11.6 Å². The average Bonchev–Trinajstić information content (AvgIpc) is 3.09. The van der Waals surface area contributed by atoms with Gasteiger partial charge in [-0.05, 0) is 24.3 Å². The van der Waals surface area contributed by atoms with Crippen molar-refractivity contribution in [1.29, 1.82) is 0 Å². The molecule has 2 aromatic heterocycles. The largest absolute Gasteiger partial charge is 0.495 e. The number of methoxy groups -OCH3 is 2. The van der Waals surface area contributed by atoms with Gasteiger partial charge in [0.05, 0.1) is 26.5 Å². The monoisotopic (exact) mass is 404 g/mol. The van der Waals surface area contributed by atoms with E-state index >= 15 is 0 Å². The molecule has 1 saturated heterocycles. The van der Waals surface area contributed by atoms with E-state index in [1.807, 2.05) is 30.3 Å². The molecule has 0 radical (unpaired) electrons. The molecule has 1 aliphatic heterocycles. The van der Waals surface area contributed by atoms with Gasteiger partial charge < -0.3 is 14.4 Å². The molecule has 142 valence electrons. The number of pyridine rings is 1. The van der Waals surface area contributed by atoms with Crippen LogP contribution < -0.4 is 14.4 Å². The highest BCUT2D eigenvalue weighted by molar-refractivity contribution is 7.18. The number of hydrogen-bond donors (Lipinski definition) is 0. The summed E-state index contributed by atoms with van der Waals surface area (Å²) in [6.07, 6.45) is 0. The van der Waals surface area contributed by atoms with E-state index in [1.54, 1.807) is 25.6 Å². The Hall–Kier alpha value is -2.09. The normalized spacial score (nSPS) is 15.3. The molecule has 8 heteroatoms. The number of nitrogens with zero attached hydrogens (tertiary/aromatic N) is 4. The Balaban J connectivity index is 1.42. The van der Waals surface area contributed by atoms with Gasteiger partial charge in [0.15, 0.2) is 0 Å². The van der Waals surface area contributed by atoms with E-state index in [2.05, 4.69) is 14.8 Å². The third kappa shape index (κ3) is 3.95. The molecule has 3 heterocycles. The molecule has 6 nitrogen and oxygen atoms in total. The molecule has 0 atom stereocenters. The van der Waals surface area contributed by atoms with Crippen LogP contribution in [0.2, 0.25) is 5.02 Å². The van der Waals surface area contributed by atoms with Gasteiger partial charge >= 0.3 is 0 Å². The molecule has 0 spiro atoms. The number of anilines is 1. The first-order valence-corrected chi connectivity index (χ1v) is 9.97. The van der Waals surface area contributed by atoms with Gasteiger partial charge in [-0.15, -0.1) is 0 Å². The summed E-state index contributed by atoms with van der Waals surface area (Å²) in [6.45, 7) is 4.61. The van der Waals surface area contributed by atoms with Crippen molar-refractivity contribution in [3.05, 3.63) is 40.4 Å². The number of aromatic nitrogens is 2. The molecule has 1 fully saturated rings. The summed E-state index contributed by atoms with van der Waals surface area (Å²) in [5, 5.41) is 1.81. The summed E-state index contributed by atoms with van der Waals surface area (Å²) in [5.74, 6) is 1.49. The molecule has 0 saturated carbocycles. The lowest BCUT2D eigenvalue weighted by atomic mass is 10.2. The smallest absolute Gasteiger partial charge is 0.214 e. The van der Waals surface area contributed by atoms with Gasteiger partial charge in [0.2, 0.25) is 5.88 Å². The van der Waals surface area contributed by atoms with Crippen molar-refractivity contribution in [2.45, 2.75) is 6.54 Å². The lowest BCUT2D eigenvalue weighted by molar-refractivity contribution is 0.249. The highest BCUT2D eigenvalue weighted by atomic mass is 35.5. The van der Waals surface area contributed by atoms with Crippen LogP contribution in [0, 0.1) is 0 Å². The van der Waals surface area contributed by atoms with Gasteiger partial charge in [-0.25, -0.2) is 9.97 Å². The molecule has 1 aromatic carbocycles. The Morgan fingerprint density at radius 2 is 1.85 bits per heavy atom. The van der Waals surface area contributed by atoms with Crippen LogP contribution in [0.4, 0.5) is 5.69 Å². The summed E-state index contributed by atoms with van der Waals surface area (Å²) < 4.78 is 10.7. The van der Waals surface area contributed by atoms with E-state index in [-0.39, 0.29) is 0 Å². The highest BCUT2D eigenvalue weighted by Gasteiger charge is 2.21. The van der Waals surface area contributed by atoms with Gasteiger partial charge in [-0.2, -0.15) is 0 Å². The SMILES string of the molecule is COc1ccc2nc(CN3CCN(c4cc(Cl)ccc4OC)CC3)sc2n1. The van der Waals surface area contributed by atoms with Crippen molar-refractivity contribution < 1.29 is 9.47 Å². The van der Waals surface area contributed by atoms with E-state index in [0.717, 1.165) is 64.5 Å². The number of thiazole rings is 1. The molecule has 0 bridgehead atoms. The number of halogens is 1. The molecule has 0 aliphatic carbocycles. The quantitative estimate of drug-likeness (QED) is 0.646. The van der Waals surface area contributed by atoms with Crippen LogP contribution in [0.1, 0.15) is 5.01 Å². The number of rotatable bonds is 5. The zero-order valence-corrected chi connectivity index (χ0v) is 16.9. The first kappa shape index (κ1) is 18.3. The second kappa shape index (κ2) is 7.88. The first-order chi connectivity index (χ1) is 13.2. The van der Waals surface area contributed by atoms with Crippen LogP contribution in [0.25, 0.3) is 10.3 Å². The Bertz CT molecular complexity index is 941. The van der Waals surface area contributed by atoms with Crippen LogP contribution in [-0.2, 0) is 6.54 Å². The predicted molar refractivity (Wildman–Crippen MR) is 109 cm³/mol. The molecule has 0 unspecified atom stereocenters. The molecular formula is C19H21ClN4O2S. The predicted octanol–water partition coefficient (Wildman–Crippen LogP) is 3.68. The minimum absolute atomic E-state index is 0.627. The molecule has 1 aliphatic rings. The molecule has 4 rings (SSSR count). The maximum atomic E-state index is 6.17. The molecule has 0 N–H and O–H groups in total. The Morgan fingerprint density at radius 3 is 2.59 bits per heavy atom. The van der Waals surface area contributed by atoms with E-state index in [9.17, 15) is 0 Å². The zero-order valence-electron chi connectivity index (χ0n) is 15.3. The van der Waals surface area contributed by atoms with Crippen LogP contribution in [-0.4, -0.2) is 55.3 Å². The van der Waals surface area contributed by atoms with Gasteiger partial charge in [0, 0.05) is 37.3 Å². The van der Waals surface area contributed by atoms with E-state index < -0.39 is 0 Å². The summed E-state index contributed by atoms with van der Waals surface area (Å²) in [5.41, 5.74) is 1.99. The van der Waals surface area contributed by atoms with Gasteiger partial charge in [-0.3, -0.25) is 4.90 Å². The molecule has 27 heavy (non-hydrogen) atoms. The minimum Gasteiger partial charge on any atom is -0.495 e. The van der Waals surface area contributed by atoms with Crippen LogP contribution in [0.15, 0.2) is 30.3 Å². The second-order valence-electron chi connectivity index (χ2n) is 6.36. The highest BCUT2D eigenvalue weighted by Crippen LogP contribution is 2.32. The van der Waals surface area contributed by atoms with Crippen LogP contribution >= 0.6 is 22.9 Å². The fourth-order valence-corrected chi connectivity index (χ4v) is 4.41. The fraction of sp³-hybridized carbons (Fsp3) is 0.368. The fourth-order valence-electron chi connectivity index (χ4n) is 3.27. The van der Waals surface area contributed by atoms with Crippen molar-refractivity contribution in [2.75, 3.05) is 45.3 Å². The topological polar surface area (TPSA) is 50.7 Å². The van der Waals surface area contributed by atoms with E-state index in [1.165, 1.54) is 0 Å². The number of fused-ring (bicyclic) bond motifs is 1. The lowest BCUT2D eigenvalue weighted by Crippen LogP contribution is -2.46. The van der Waals surface area contributed by atoms with Crippen molar-refractivity contribution in [1.82, 2.24) is 14.9 Å². The summed E-state index contributed by atoms with van der Waals surface area (Å²) >= 11 is 7.81. The molecule has 0 amide bonds. The Morgan fingerprint density at radius 1 is 1.04 bits per heavy atom. The standard InChI is InChI=1S/C19H21ClN4O2S/c1-25-16-5-3-13(20)11-15(16)24-9-7-23(8-10-24)12-18-21-14-4-6-17(26-2)22-19(14)27-18/h3-6,11H,7-10,12H2,1-2H3. The summed E-state index contributed by atoms with van der Waals surface area (Å²) in [6, 6.07) is 9.57. The van der Waals surface area contributed by atoms with Gasteiger partial charge in [0.25, 0.3) is 0 Å². The minimum atomic E-state index is 0.627. The average molecular weight is 405 g/mol. The second-order valence-corrected chi connectivity index (χ2v) is 7.86. The maximum absolute atomic E-state index is 6.17. The Labute approximate surface area is 167 Å². The van der Waals surface area contributed by atoms with E-state index in [4.69, 9.17) is 26.1 Å². The molecular weight excluding hydrogens is 384 g/mol. The third-order valence-corrected chi connectivity index (χ3v) is 5.88. The van der Waals surface area contributed by atoms with E-state index in [0.29, 0.717) is 5.88 Å². The maximum Gasteiger partial charge on any atom is 0.214 e. The van der Waals surface area contributed by atoms with Crippen LogP contribution in [0.3, 0.4) is 0 Å². The van der Waals surface area contributed by atoms with Crippen molar-refractivity contribution >= 4 is 39.0 Å². The number of benzene rings is 1.